The summed E-state index contributed by atoms with van der Waals surface area (Å²) >= 11 is 9.32. The molecular weight excluding hydrogens is 468 g/mol. The fourth-order valence-electron chi connectivity index (χ4n) is 3.52. The van der Waals surface area contributed by atoms with Gasteiger partial charge in [-0.25, -0.2) is 0 Å². The topological polar surface area (TPSA) is 58.6 Å². The van der Waals surface area contributed by atoms with Crippen LogP contribution in [0.4, 0.5) is 0 Å². The van der Waals surface area contributed by atoms with E-state index in [-0.39, 0.29) is 24.5 Å². The number of halogens is 2. The van der Waals surface area contributed by atoms with Crippen LogP contribution >= 0.6 is 27.5 Å². The summed E-state index contributed by atoms with van der Waals surface area (Å²) in [6.07, 6.45) is 4.27. The van der Waals surface area contributed by atoms with Crippen molar-refractivity contribution in [1.82, 2.24) is 10.2 Å². The standard InChI is InChI=1S/C23H26BrClN2O3/c1-16(23(29)26-20-4-2-3-5-20)27(14-17-6-8-18(24)9-7-17)22(28)15-30-21-12-10-19(25)11-13-21/h6-13,16,20H,2-5,14-15H2,1H3,(H,26,29)/t16-/m0/s1. The molecule has 3 rings (SSSR count). The molecule has 160 valence electrons. The zero-order valence-corrected chi connectivity index (χ0v) is 19.3. The van der Waals surface area contributed by atoms with Gasteiger partial charge in [-0.1, -0.05) is 52.5 Å². The molecule has 1 saturated carbocycles. The lowest BCUT2D eigenvalue weighted by molar-refractivity contribution is -0.142. The summed E-state index contributed by atoms with van der Waals surface area (Å²) in [6.45, 7) is 1.94. The van der Waals surface area contributed by atoms with Crippen molar-refractivity contribution in [3.63, 3.8) is 0 Å². The average molecular weight is 494 g/mol. The Bertz CT molecular complexity index is 852. The molecule has 0 bridgehead atoms. The monoisotopic (exact) mass is 492 g/mol. The zero-order valence-electron chi connectivity index (χ0n) is 16.9. The van der Waals surface area contributed by atoms with Gasteiger partial charge in [0, 0.05) is 22.1 Å². The lowest BCUT2D eigenvalue weighted by Gasteiger charge is -2.29. The predicted molar refractivity (Wildman–Crippen MR) is 121 cm³/mol. The maximum Gasteiger partial charge on any atom is 0.261 e. The molecule has 1 aliphatic carbocycles. The van der Waals surface area contributed by atoms with Gasteiger partial charge < -0.3 is 15.0 Å². The second-order valence-electron chi connectivity index (χ2n) is 7.56. The minimum absolute atomic E-state index is 0.126. The minimum atomic E-state index is -0.601. The maximum absolute atomic E-state index is 13.0. The van der Waals surface area contributed by atoms with E-state index < -0.39 is 6.04 Å². The van der Waals surface area contributed by atoms with Crippen LogP contribution in [0.2, 0.25) is 5.02 Å². The van der Waals surface area contributed by atoms with Crippen molar-refractivity contribution < 1.29 is 14.3 Å². The second kappa shape index (κ2) is 10.8. The largest absolute Gasteiger partial charge is 0.484 e. The minimum Gasteiger partial charge on any atom is -0.484 e. The molecule has 0 aliphatic heterocycles. The first-order valence-corrected chi connectivity index (χ1v) is 11.3. The Kier molecular flexibility index (Phi) is 8.16. The summed E-state index contributed by atoms with van der Waals surface area (Å²) in [5.41, 5.74) is 0.943. The third kappa shape index (κ3) is 6.47. The summed E-state index contributed by atoms with van der Waals surface area (Å²) in [4.78, 5) is 27.4. The van der Waals surface area contributed by atoms with E-state index in [1.165, 1.54) is 0 Å². The van der Waals surface area contributed by atoms with Gasteiger partial charge >= 0.3 is 0 Å². The Hall–Kier alpha value is -2.05. The smallest absolute Gasteiger partial charge is 0.261 e. The van der Waals surface area contributed by atoms with E-state index in [9.17, 15) is 9.59 Å². The van der Waals surface area contributed by atoms with Crippen LogP contribution in [0.15, 0.2) is 53.0 Å². The molecule has 0 unspecified atom stereocenters. The number of nitrogens with one attached hydrogen (secondary N) is 1. The molecule has 0 aromatic heterocycles. The van der Waals surface area contributed by atoms with Crippen molar-refractivity contribution in [1.29, 1.82) is 0 Å². The Labute approximate surface area is 190 Å². The number of nitrogens with zero attached hydrogens (tertiary/aromatic N) is 1. The lowest BCUT2D eigenvalue weighted by atomic mass is 10.1. The van der Waals surface area contributed by atoms with Crippen LogP contribution in [0.1, 0.15) is 38.2 Å². The van der Waals surface area contributed by atoms with Crippen LogP contribution in [-0.2, 0) is 16.1 Å². The Morgan fingerprint density at radius 3 is 2.40 bits per heavy atom. The van der Waals surface area contributed by atoms with Crippen LogP contribution in [0.25, 0.3) is 0 Å². The SMILES string of the molecule is C[C@@H](C(=O)NC1CCCC1)N(Cc1ccc(Br)cc1)C(=O)COc1ccc(Cl)cc1. The van der Waals surface area contributed by atoms with Gasteiger partial charge in [0.25, 0.3) is 5.91 Å². The molecule has 1 atom stereocenters. The Morgan fingerprint density at radius 2 is 1.77 bits per heavy atom. The molecule has 30 heavy (non-hydrogen) atoms. The third-order valence-corrected chi connectivity index (χ3v) is 6.09. The van der Waals surface area contributed by atoms with Crippen LogP contribution < -0.4 is 10.1 Å². The van der Waals surface area contributed by atoms with Gasteiger partial charge in [0.2, 0.25) is 5.91 Å². The van der Waals surface area contributed by atoms with E-state index in [2.05, 4.69) is 21.2 Å². The summed E-state index contributed by atoms with van der Waals surface area (Å²) in [6, 6.07) is 14.2. The molecule has 7 heteroatoms. The molecule has 0 spiro atoms. The predicted octanol–water partition coefficient (Wildman–Crippen LogP) is 4.96. The van der Waals surface area contributed by atoms with Crippen molar-refractivity contribution in [3.05, 3.63) is 63.6 Å². The summed E-state index contributed by atoms with van der Waals surface area (Å²) in [5.74, 6) is 0.181. The molecule has 0 radical (unpaired) electrons. The number of benzene rings is 2. The number of carbonyl (C=O) groups excluding carboxylic acids is 2. The average Bonchev–Trinajstić information content (AvgIpc) is 3.25. The first-order chi connectivity index (χ1) is 14.4. The van der Waals surface area contributed by atoms with Gasteiger partial charge in [0.15, 0.2) is 6.61 Å². The molecule has 1 N–H and O–H groups in total. The van der Waals surface area contributed by atoms with Gasteiger partial charge in [-0.15, -0.1) is 0 Å². The van der Waals surface area contributed by atoms with Crippen LogP contribution in [-0.4, -0.2) is 35.4 Å². The second-order valence-corrected chi connectivity index (χ2v) is 8.91. The summed E-state index contributed by atoms with van der Waals surface area (Å²) in [5, 5.41) is 3.69. The van der Waals surface area contributed by atoms with Gasteiger partial charge in [-0.3, -0.25) is 9.59 Å². The fourth-order valence-corrected chi connectivity index (χ4v) is 3.91. The van der Waals surface area contributed by atoms with Gasteiger partial charge in [0.05, 0.1) is 0 Å². The van der Waals surface area contributed by atoms with Crippen molar-refractivity contribution in [2.45, 2.75) is 51.2 Å². The number of rotatable bonds is 8. The van der Waals surface area contributed by atoms with Gasteiger partial charge in [-0.2, -0.15) is 0 Å². The molecule has 2 amide bonds. The van der Waals surface area contributed by atoms with Crippen LogP contribution in [0.5, 0.6) is 5.75 Å². The van der Waals surface area contributed by atoms with E-state index in [1.807, 2.05) is 24.3 Å². The molecule has 1 fully saturated rings. The molecule has 0 heterocycles. The highest BCUT2D eigenvalue weighted by Crippen LogP contribution is 2.20. The highest BCUT2D eigenvalue weighted by molar-refractivity contribution is 9.10. The van der Waals surface area contributed by atoms with E-state index >= 15 is 0 Å². The molecular formula is C23H26BrClN2O3. The number of ether oxygens (including phenoxy) is 1. The van der Waals surface area contributed by atoms with Crippen LogP contribution in [0, 0.1) is 0 Å². The Morgan fingerprint density at radius 1 is 1.13 bits per heavy atom. The molecule has 1 aliphatic rings. The summed E-state index contributed by atoms with van der Waals surface area (Å²) < 4.78 is 6.60. The molecule has 5 nitrogen and oxygen atoms in total. The number of hydrogen-bond acceptors (Lipinski definition) is 3. The number of hydrogen-bond donors (Lipinski definition) is 1. The zero-order chi connectivity index (χ0) is 21.5. The normalized spacial score (nSPS) is 14.9. The number of carbonyl (C=O) groups is 2. The quantitative estimate of drug-likeness (QED) is 0.566. The van der Waals surface area contributed by atoms with E-state index in [4.69, 9.17) is 16.3 Å². The van der Waals surface area contributed by atoms with Crippen molar-refractivity contribution in [2.75, 3.05) is 6.61 Å². The van der Waals surface area contributed by atoms with Crippen molar-refractivity contribution in [2.24, 2.45) is 0 Å². The summed E-state index contributed by atoms with van der Waals surface area (Å²) in [7, 11) is 0. The highest BCUT2D eigenvalue weighted by Gasteiger charge is 2.28. The van der Waals surface area contributed by atoms with Gasteiger partial charge in [-0.05, 0) is 61.7 Å². The fraction of sp³-hybridized carbons (Fsp3) is 0.391. The van der Waals surface area contributed by atoms with E-state index in [0.29, 0.717) is 17.3 Å². The van der Waals surface area contributed by atoms with E-state index in [1.54, 1.807) is 36.1 Å². The number of amides is 2. The molecule has 2 aromatic carbocycles. The van der Waals surface area contributed by atoms with Crippen molar-refractivity contribution in [3.8, 4) is 5.75 Å². The van der Waals surface area contributed by atoms with E-state index in [0.717, 1.165) is 35.7 Å². The Balaban J connectivity index is 1.69. The van der Waals surface area contributed by atoms with Crippen molar-refractivity contribution >= 4 is 39.3 Å². The lowest BCUT2D eigenvalue weighted by Crippen LogP contribution is -2.50. The first-order valence-electron chi connectivity index (χ1n) is 10.1. The highest BCUT2D eigenvalue weighted by atomic mass is 79.9. The van der Waals surface area contributed by atoms with Gasteiger partial charge in [0.1, 0.15) is 11.8 Å². The molecule has 0 saturated heterocycles. The molecule has 2 aromatic rings. The maximum atomic E-state index is 13.0. The first kappa shape index (κ1) is 22.6. The van der Waals surface area contributed by atoms with Crippen LogP contribution in [0.3, 0.4) is 0 Å². The third-order valence-electron chi connectivity index (χ3n) is 5.31.